The number of anilines is 1. The molecule has 0 saturated carbocycles. The fourth-order valence-corrected chi connectivity index (χ4v) is 3.41. The van der Waals surface area contributed by atoms with Crippen LogP contribution in [0, 0.1) is 0 Å². The molecule has 1 aliphatic rings. The highest BCUT2D eigenvalue weighted by molar-refractivity contribution is 5.55. The van der Waals surface area contributed by atoms with Crippen molar-refractivity contribution in [3.63, 3.8) is 0 Å². The molecule has 1 fully saturated rings. The van der Waals surface area contributed by atoms with Crippen molar-refractivity contribution in [3.8, 4) is 17.2 Å². The number of hydrogen-bond acceptors (Lipinski definition) is 7. The molecule has 1 atom stereocenters. The van der Waals surface area contributed by atoms with Crippen LogP contribution in [0.5, 0.6) is 5.75 Å². The molecule has 0 amide bonds. The van der Waals surface area contributed by atoms with E-state index in [0.717, 1.165) is 48.6 Å². The van der Waals surface area contributed by atoms with Gasteiger partial charge in [-0.25, -0.2) is 4.98 Å². The van der Waals surface area contributed by atoms with E-state index in [1.807, 2.05) is 36.4 Å². The van der Waals surface area contributed by atoms with E-state index >= 15 is 0 Å². The van der Waals surface area contributed by atoms with E-state index < -0.39 is 0 Å². The van der Waals surface area contributed by atoms with Gasteiger partial charge < -0.3 is 18.9 Å². The first-order chi connectivity index (χ1) is 13.7. The minimum absolute atomic E-state index is 0.270. The van der Waals surface area contributed by atoms with Gasteiger partial charge in [-0.2, -0.15) is 4.98 Å². The minimum atomic E-state index is 0.270. The van der Waals surface area contributed by atoms with Crippen molar-refractivity contribution in [1.82, 2.24) is 15.1 Å². The van der Waals surface area contributed by atoms with E-state index in [1.54, 1.807) is 20.4 Å². The molecular formula is C21H24N4O3. The smallest absolute Gasteiger partial charge is 0.259 e. The maximum Gasteiger partial charge on any atom is 0.259 e. The number of ether oxygens (including phenoxy) is 2. The first kappa shape index (κ1) is 18.4. The Kier molecular flexibility index (Phi) is 5.53. The van der Waals surface area contributed by atoms with Crippen molar-refractivity contribution in [2.45, 2.75) is 25.4 Å². The van der Waals surface area contributed by atoms with E-state index in [2.05, 4.69) is 20.0 Å². The summed E-state index contributed by atoms with van der Waals surface area (Å²) in [5.41, 5.74) is 1.91. The molecule has 1 aliphatic heterocycles. The maximum atomic E-state index is 5.49. The largest absolute Gasteiger partial charge is 0.497 e. The van der Waals surface area contributed by atoms with Crippen molar-refractivity contribution >= 4 is 5.82 Å². The Morgan fingerprint density at radius 2 is 2.00 bits per heavy atom. The van der Waals surface area contributed by atoms with Crippen LogP contribution in [-0.2, 0) is 11.2 Å². The van der Waals surface area contributed by atoms with Gasteiger partial charge >= 0.3 is 0 Å². The zero-order valence-corrected chi connectivity index (χ0v) is 16.2. The van der Waals surface area contributed by atoms with E-state index in [4.69, 9.17) is 14.0 Å². The number of aromatic nitrogens is 3. The Labute approximate surface area is 164 Å². The molecule has 0 bridgehead atoms. The van der Waals surface area contributed by atoms with Gasteiger partial charge in [-0.1, -0.05) is 17.3 Å². The predicted octanol–water partition coefficient (Wildman–Crippen LogP) is 3.35. The third-order valence-electron chi connectivity index (χ3n) is 5.02. The number of methoxy groups -OCH3 is 2. The summed E-state index contributed by atoms with van der Waals surface area (Å²) >= 11 is 0. The highest BCUT2D eigenvalue weighted by Crippen LogP contribution is 2.23. The summed E-state index contributed by atoms with van der Waals surface area (Å²) in [7, 11) is 3.42. The summed E-state index contributed by atoms with van der Waals surface area (Å²) in [6, 6.07) is 11.8. The maximum absolute atomic E-state index is 5.49. The average Bonchev–Trinajstić information content (AvgIpc) is 3.23. The van der Waals surface area contributed by atoms with Gasteiger partial charge in [-0.3, -0.25) is 0 Å². The zero-order valence-electron chi connectivity index (χ0n) is 16.2. The van der Waals surface area contributed by atoms with E-state index in [9.17, 15) is 0 Å². The van der Waals surface area contributed by atoms with Crippen LogP contribution < -0.4 is 9.64 Å². The molecule has 3 aromatic rings. The molecule has 7 heteroatoms. The van der Waals surface area contributed by atoms with Crippen molar-refractivity contribution < 1.29 is 14.0 Å². The summed E-state index contributed by atoms with van der Waals surface area (Å²) in [5.74, 6) is 2.90. The van der Waals surface area contributed by atoms with Gasteiger partial charge in [0.25, 0.3) is 5.89 Å². The molecule has 1 aromatic carbocycles. The lowest BCUT2D eigenvalue weighted by Gasteiger charge is -2.32. The summed E-state index contributed by atoms with van der Waals surface area (Å²) < 4.78 is 16.1. The van der Waals surface area contributed by atoms with Crippen LogP contribution in [-0.4, -0.2) is 48.5 Å². The Balaban J connectivity index is 1.43. The number of benzene rings is 1. The number of rotatable bonds is 6. The lowest BCUT2D eigenvalue weighted by molar-refractivity contribution is 0.0891. The minimum Gasteiger partial charge on any atom is -0.497 e. The van der Waals surface area contributed by atoms with Gasteiger partial charge in [0.15, 0.2) is 5.82 Å². The van der Waals surface area contributed by atoms with Crippen LogP contribution >= 0.6 is 0 Å². The van der Waals surface area contributed by atoms with Gasteiger partial charge in [0.05, 0.1) is 18.8 Å². The number of hydrogen-bond donors (Lipinski definition) is 0. The summed E-state index contributed by atoms with van der Waals surface area (Å²) in [6.45, 7) is 1.87. The predicted molar refractivity (Wildman–Crippen MR) is 106 cm³/mol. The molecule has 146 valence electrons. The lowest BCUT2D eigenvalue weighted by Crippen LogP contribution is -2.39. The third kappa shape index (κ3) is 4.14. The lowest BCUT2D eigenvalue weighted by atomic mass is 10.1. The molecule has 1 saturated heterocycles. The number of nitrogens with zero attached hydrogens (tertiary/aromatic N) is 4. The molecule has 7 nitrogen and oxygen atoms in total. The first-order valence-corrected chi connectivity index (χ1v) is 9.45. The van der Waals surface area contributed by atoms with E-state index in [1.165, 1.54) is 0 Å². The third-order valence-corrected chi connectivity index (χ3v) is 5.02. The molecule has 0 spiro atoms. The molecular weight excluding hydrogens is 356 g/mol. The van der Waals surface area contributed by atoms with Gasteiger partial charge in [0, 0.05) is 32.8 Å². The van der Waals surface area contributed by atoms with Gasteiger partial charge in [0.2, 0.25) is 0 Å². The quantitative estimate of drug-likeness (QED) is 0.649. The topological polar surface area (TPSA) is 73.5 Å². The Hall–Kier alpha value is -2.93. The number of piperidine rings is 1. The van der Waals surface area contributed by atoms with Crippen LogP contribution in [0.3, 0.4) is 0 Å². The normalized spacial score (nSPS) is 16.9. The van der Waals surface area contributed by atoms with E-state index in [-0.39, 0.29) is 6.10 Å². The fourth-order valence-electron chi connectivity index (χ4n) is 3.41. The molecule has 28 heavy (non-hydrogen) atoms. The molecule has 0 N–H and O–H groups in total. The highest BCUT2D eigenvalue weighted by Gasteiger charge is 2.20. The van der Waals surface area contributed by atoms with Crippen LogP contribution in [0.15, 0.2) is 47.1 Å². The second-order valence-electron chi connectivity index (χ2n) is 6.89. The SMILES string of the molecule is COc1ccc(Cc2noc(-c3ccc(N4CCCC(OC)C4)nc3)n2)cc1. The average molecular weight is 380 g/mol. The standard InChI is InChI=1S/C21H24N4O3/c1-26-17-8-5-15(6-9-17)12-19-23-21(28-24-19)16-7-10-20(22-13-16)25-11-3-4-18(14-25)27-2/h5-10,13,18H,3-4,11-12,14H2,1-2H3. The fraction of sp³-hybridized carbons (Fsp3) is 0.381. The Morgan fingerprint density at radius 3 is 2.71 bits per heavy atom. The summed E-state index contributed by atoms with van der Waals surface area (Å²) in [6.07, 6.45) is 4.87. The summed E-state index contributed by atoms with van der Waals surface area (Å²) in [5, 5.41) is 4.09. The van der Waals surface area contributed by atoms with Crippen LogP contribution in [0.2, 0.25) is 0 Å². The van der Waals surface area contributed by atoms with Gasteiger partial charge in [0.1, 0.15) is 11.6 Å². The second kappa shape index (κ2) is 8.39. The van der Waals surface area contributed by atoms with Gasteiger partial charge in [-0.05, 0) is 42.7 Å². The van der Waals surface area contributed by atoms with Crippen molar-refractivity contribution in [3.05, 3.63) is 54.0 Å². The molecule has 3 heterocycles. The molecule has 2 aromatic heterocycles. The van der Waals surface area contributed by atoms with Crippen molar-refractivity contribution in [2.24, 2.45) is 0 Å². The van der Waals surface area contributed by atoms with Crippen LogP contribution in [0.25, 0.3) is 11.5 Å². The van der Waals surface area contributed by atoms with E-state index in [0.29, 0.717) is 18.1 Å². The molecule has 4 rings (SSSR count). The van der Waals surface area contributed by atoms with Crippen molar-refractivity contribution in [1.29, 1.82) is 0 Å². The Bertz CT molecular complexity index is 893. The highest BCUT2D eigenvalue weighted by atomic mass is 16.5. The molecule has 0 radical (unpaired) electrons. The monoisotopic (exact) mass is 380 g/mol. The molecule has 1 unspecified atom stereocenters. The summed E-state index contributed by atoms with van der Waals surface area (Å²) in [4.78, 5) is 11.3. The Morgan fingerprint density at radius 1 is 1.14 bits per heavy atom. The van der Waals surface area contributed by atoms with Gasteiger partial charge in [-0.15, -0.1) is 0 Å². The second-order valence-corrected chi connectivity index (χ2v) is 6.89. The van der Waals surface area contributed by atoms with Crippen LogP contribution in [0.4, 0.5) is 5.82 Å². The first-order valence-electron chi connectivity index (χ1n) is 9.45. The zero-order chi connectivity index (χ0) is 19.3. The van der Waals surface area contributed by atoms with Crippen LogP contribution in [0.1, 0.15) is 24.2 Å². The number of pyridine rings is 1. The molecule has 0 aliphatic carbocycles. The van der Waals surface area contributed by atoms with Crippen molar-refractivity contribution in [2.75, 3.05) is 32.2 Å².